The highest BCUT2D eigenvalue weighted by Crippen LogP contribution is 2.17. The minimum atomic E-state index is 0. The lowest BCUT2D eigenvalue weighted by molar-refractivity contribution is -0.929. The number of halogens is 2. The highest BCUT2D eigenvalue weighted by atomic mass is 35.5. The van der Waals surface area contributed by atoms with E-state index in [4.69, 9.17) is 11.6 Å². The van der Waals surface area contributed by atoms with Crippen LogP contribution in [-0.2, 0) is 0 Å². The van der Waals surface area contributed by atoms with Gasteiger partial charge in [-0.1, -0.05) is 46.5 Å². The van der Waals surface area contributed by atoms with E-state index in [2.05, 4.69) is 20.8 Å². The van der Waals surface area contributed by atoms with E-state index in [1.807, 2.05) is 0 Å². The number of hydrogen-bond acceptors (Lipinski definition) is 0. The molecular formula is C18H39Cl2N. The fourth-order valence-electron chi connectivity index (χ4n) is 3.07. The molecule has 0 aromatic carbocycles. The van der Waals surface area contributed by atoms with Gasteiger partial charge in [-0.25, -0.2) is 0 Å². The Morgan fingerprint density at radius 1 is 0.571 bits per heavy atom. The summed E-state index contributed by atoms with van der Waals surface area (Å²) in [5, 5.41) is 0. The van der Waals surface area contributed by atoms with Gasteiger partial charge in [0.15, 0.2) is 0 Å². The highest BCUT2D eigenvalue weighted by Gasteiger charge is 2.25. The molecule has 0 bridgehead atoms. The first-order chi connectivity index (χ1) is 9.74. The molecule has 0 aliphatic heterocycles. The van der Waals surface area contributed by atoms with Gasteiger partial charge in [0, 0.05) is 5.88 Å². The maximum Gasteiger partial charge on any atom is 0.0787 e. The maximum atomic E-state index is 5.88. The molecule has 0 aliphatic carbocycles. The molecule has 0 aromatic rings. The van der Waals surface area contributed by atoms with Crippen LogP contribution in [0.5, 0.6) is 0 Å². The summed E-state index contributed by atoms with van der Waals surface area (Å²) < 4.78 is 1.38. The van der Waals surface area contributed by atoms with E-state index in [0.29, 0.717) is 0 Å². The maximum absolute atomic E-state index is 5.88. The Bertz CT molecular complexity index is 190. The third-order valence-electron chi connectivity index (χ3n) is 4.47. The minimum Gasteiger partial charge on any atom is -1.00 e. The van der Waals surface area contributed by atoms with Gasteiger partial charge in [0.25, 0.3) is 0 Å². The summed E-state index contributed by atoms with van der Waals surface area (Å²) in [5.41, 5.74) is 0. The van der Waals surface area contributed by atoms with E-state index in [1.165, 1.54) is 94.9 Å². The molecule has 0 aromatic heterocycles. The minimum absolute atomic E-state index is 0. The average molecular weight is 340 g/mol. The largest absolute Gasteiger partial charge is 1.00 e. The molecule has 21 heavy (non-hydrogen) atoms. The fourth-order valence-corrected chi connectivity index (χ4v) is 3.26. The summed E-state index contributed by atoms with van der Waals surface area (Å²) in [6.45, 7) is 12.5. The van der Waals surface area contributed by atoms with Crippen LogP contribution in [0.2, 0.25) is 0 Å². The van der Waals surface area contributed by atoms with Crippen molar-refractivity contribution in [3.8, 4) is 0 Å². The smallest absolute Gasteiger partial charge is 0.0787 e. The number of rotatable bonds is 15. The average Bonchev–Trinajstić information content (AvgIpc) is 2.47. The first kappa shape index (κ1) is 23.8. The SMILES string of the molecule is CCCCCC[N+](CCCC)(CCCC)CCCCCl.[Cl-]. The van der Waals surface area contributed by atoms with Gasteiger partial charge in [-0.15, -0.1) is 11.6 Å². The van der Waals surface area contributed by atoms with E-state index < -0.39 is 0 Å². The van der Waals surface area contributed by atoms with Gasteiger partial charge in [-0.2, -0.15) is 0 Å². The number of unbranched alkanes of at least 4 members (excludes halogenated alkanes) is 6. The van der Waals surface area contributed by atoms with Crippen molar-refractivity contribution in [2.45, 2.75) is 85.0 Å². The van der Waals surface area contributed by atoms with E-state index >= 15 is 0 Å². The van der Waals surface area contributed by atoms with Crippen LogP contribution in [0.25, 0.3) is 0 Å². The van der Waals surface area contributed by atoms with E-state index in [9.17, 15) is 0 Å². The van der Waals surface area contributed by atoms with Crippen LogP contribution >= 0.6 is 11.6 Å². The molecule has 0 rings (SSSR count). The van der Waals surface area contributed by atoms with Crippen LogP contribution in [-0.4, -0.2) is 36.5 Å². The molecule has 0 N–H and O–H groups in total. The standard InChI is InChI=1S/C18H39ClN.ClH/c1-4-7-10-12-17-20(15-8-5-2,16-9-6-3)18-13-11-14-19;/h4-18H2,1-3H3;1H/q+1;/p-1. The Morgan fingerprint density at radius 3 is 1.43 bits per heavy atom. The van der Waals surface area contributed by atoms with Crippen molar-refractivity contribution in [3.05, 3.63) is 0 Å². The molecule has 0 heterocycles. The van der Waals surface area contributed by atoms with Gasteiger partial charge in [-0.3, -0.25) is 0 Å². The summed E-state index contributed by atoms with van der Waals surface area (Å²) in [6, 6.07) is 0. The van der Waals surface area contributed by atoms with Gasteiger partial charge in [0.05, 0.1) is 26.2 Å². The van der Waals surface area contributed by atoms with Crippen molar-refractivity contribution in [1.29, 1.82) is 0 Å². The monoisotopic (exact) mass is 339 g/mol. The second-order valence-corrected chi connectivity index (χ2v) is 6.78. The zero-order valence-corrected chi connectivity index (χ0v) is 16.3. The molecule has 0 amide bonds. The molecule has 130 valence electrons. The Hall–Kier alpha value is 0.540. The van der Waals surface area contributed by atoms with Crippen LogP contribution in [0.4, 0.5) is 0 Å². The van der Waals surface area contributed by atoms with Gasteiger partial charge in [0.2, 0.25) is 0 Å². The quantitative estimate of drug-likeness (QED) is 0.244. The molecule has 0 atom stereocenters. The lowest BCUT2D eigenvalue weighted by Gasteiger charge is -2.39. The highest BCUT2D eigenvalue weighted by molar-refractivity contribution is 6.17. The fraction of sp³-hybridized carbons (Fsp3) is 1.00. The lowest BCUT2D eigenvalue weighted by Crippen LogP contribution is -3.00. The molecule has 0 aliphatic rings. The van der Waals surface area contributed by atoms with Crippen molar-refractivity contribution >= 4 is 11.6 Å². The number of alkyl halides is 1. The van der Waals surface area contributed by atoms with Crippen LogP contribution in [0.3, 0.4) is 0 Å². The van der Waals surface area contributed by atoms with Crippen molar-refractivity contribution < 1.29 is 16.9 Å². The van der Waals surface area contributed by atoms with Gasteiger partial charge >= 0.3 is 0 Å². The first-order valence-corrected chi connectivity index (χ1v) is 9.69. The second-order valence-electron chi connectivity index (χ2n) is 6.40. The molecule has 1 nitrogen and oxygen atoms in total. The lowest BCUT2D eigenvalue weighted by atomic mass is 10.1. The van der Waals surface area contributed by atoms with E-state index in [1.54, 1.807) is 0 Å². The van der Waals surface area contributed by atoms with Crippen LogP contribution in [0.1, 0.15) is 85.0 Å². The number of hydrogen-bond donors (Lipinski definition) is 0. The third-order valence-corrected chi connectivity index (χ3v) is 4.74. The predicted molar refractivity (Wildman–Crippen MR) is 93.6 cm³/mol. The topological polar surface area (TPSA) is 0 Å². The summed E-state index contributed by atoms with van der Waals surface area (Å²) in [4.78, 5) is 0. The summed E-state index contributed by atoms with van der Waals surface area (Å²) in [7, 11) is 0. The molecule has 3 heteroatoms. The van der Waals surface area contributed by atoms with E-state index in [0.717, 1.165) is 5.88 Å². The molecular weight excluding hydrogens is 301 g/mol. The summed E-state index contributed by atoms with van der Waals surface area (Å²) in [6.07, 6.45) is 13.5. The van der Waals surface area contributed by atoms with Crippen molar-refractivity contribution in [1.82, 2.24) is 0 Å². The zero-order valence-electron chi connectivity index (χ0n) is 14.8. The summed E-state index contributed by atoms with van der Waals surface area (Å²) in [5.74, 6) is 0.831. The Kier molecular flexibility index (Phi) is 19.2. The van der Waals surface area contributed by atoms with Crippen LogP contribution in [0, 0.1) is 0 Å². The number of nitrogens with zero attached hydrogens (tertiary/aromatic N) is 1. The Labute approximate surface area is 145 Å². The normalized spacial score (nSPS) is 11.4. The van der Waals surface area contributed by atoms with Gasteiger partial charge < -0.3 is 16.9 Å². The molecule has 0 saturated carbocycles. The third kappa shape index (κ3) is 12.7. The van der Waals surface area contributed by atoms with Crippen LogP contribution in [0.15, 0.2) is 0 Å². The van der Waals surface area contributed by atoms with Crippen molar-refractivity contribution in [2.24, 2.45) is 0 Å². The molecule has 0 radical (unpaired) electrons. The predicted octanol–water partition coefficient (Wildman–Crippen LogP) is 3.01. The Balaban J connectivity index is 0. The molecule has 0 saturated heterocycles. The molecule has 0 spiro atoms. The summed E-state index contributed by atoms with van der Waals surface area (Å²) >= 11 is 5.88. The van der Waals surface area contributed by atoms with Crippen molar-refractivity contribution in [3.63, 3.8) is 0 Å². The molecule has 0 fully saturated rings. The first-order valence-electron chi connectivity index (χ1n) is 9.15. The second kappa shape index (κ2) is 16.9. The van der Waals surface area contributed by atoms with E-state index in [-0.39, 0.29) is 12.4 Å². The number of quaternary nitrogens is 1. The zero-order chi connectivity index (χ0) is 15.1. The van der Waals surface area contributed by atoms with Crippen molar-refractivity contribution in [2.75, 3.05) is 32.1 Å². The Morgan fingerprint density at radius 2 is 1.00 bits per heavy atom. The van der Waals surface area contributed by atoms with Gasteiger partial charge in [0.1, 0.15) is 0 Å². The van der Waals surface area contributed by atoms with Crippen LogP contribution < -0.4 is 12.4 Å². The van der Waals surface area contributed by atoms with Gasteiger partial charge in [-0.05, 0) is 38.5 Å². The molecule has 0 unspecified atom stereocenters.